The molecule has 1 saturated heterocycles. The van der Waals surface area contributed by atoms with Crippen molar-refractivity contribution >= 4 is 23.5 Å². The van der Waals surface area contributed by atoms with Crippen LogP contribution in [0.4, 0.5) is 5.69 Å². The summed E-state index contributed by atoms with van der Waals surface area (Å²) in [7, 11) is 2.77. The van der Waals surface area contributed by atoms with Crippen molar-refractivity contribution in [1.29, 1.82) is 0 Å². The lowest BCUT2D eigenvalue weighted by molar-refractivity contribution is -0.148. The predicted molar refractivity (Wildman–Crippen MR) is 84.9 cm³/mol. The molecule has 8 nitrogen and oxygen atoms in total. The van der Waals surface area contributed by atoms with Gasteiger partial charge in [0.05, 0.1) is 25.3 Å². The fraction of sp³-hybridized carbons (Fsp3) is 0.438. The van der Waals surface area contributed by atoms with Crippen LogP contribution in [-0.2, 0) is 19.1 Å². The first-order valence-corrected chi connectivity index (χ1v) is 7.44. The Hall–Kier alpha value is -2.61. The van der Waals surface area contributed by atoms with Crippen molar-refractivity contribution in [3.63, 3.8) is 0 Å². The normalized spacial score (nSPS) is 18.3. The van der Waals surface area contributed by atoms with Crippen LogP contribution in [0, 0.1) is 5.92 Å². The Morgan fingerprint density at radius 1 is 1.38 bits per heavy atom. The van der Waals surface area contributed by atoms with Crippen molar-refractivity contribution in [1.82, 2.24) is 5.32 Å². The zero-order valence-corrected chi connectivity index (χ0v) is 13.5. The van der Waals surface area contributed by atoms with Crippen molar-refractivity contribution in [2.24, 2.45) is 5.92 Å². The number of carboxylic acid groups (broad SMARTS) is 1. The molecule has 2 atom stereocenters. The molecule has 2 N–H and O–H groups in total. The number of nitrogens with one attached hydrogen (secondary N) is 1. The minimum absolute atomic E-state index is 0.0641. The van der Waals surface area contributed by atoms with Crippen molar-refractivity contribution in [3.05, 3.63) is 24.3 Å². The third-order valence-corrected chi connectivity index (χ3v) is 3.89. The maximum absolute atomic E-state index is 12.2. The maximum Gasteiger partial charge on any atom is 0.334 e. The van der Waals surface area contributed by atoms with Crippen LogP contribution in [0.25, 0.3) is 0 Å². The quantitative estimate of drug-likeness (QED) is 0.740. The van der Waals surface area contributed by atoms with E-state index in [-0.39, 0.29) is 31.3 Å². The number of ether oxygens (including phenoxy) is 2. The Morgan fingerprint density at radius 2 is 2.08 bits per heavy atom. The molecule has 2 rings (SSSR count). The first kappa shape index (κ1) is 17.7. The van der Waals surface area contributed by atoms with E-state index in [1.165, 1.54) is 19.1 Å². The van der Waals surface area contributed by atoms with Gasteiger partial charge in [0.1, 0.15) is 5.75 Å². The van der Waals surface area contributed by atoms with Gasteiger partial charge in [-0.05, 0) is 12.1 Å². The number of carboxylic acids is 1. The zero-order chi connectivity index (χ0) is 17.7. The van der Waals surface area contributed by atoms with Crippen LogP contribution in [0.3, 0.4) is 0 Å². The number of hydrogen-bond acceptors (Lipinski definition) is 5. The topological polar surface area (TPSA) is 105 Å². The molecule has 130 valence electrons. The van der Waals surface area contributed by atoms with E-state index in [0.29, 0.717) is 11.4 Å². The van der Waals surface area contributed by atoms with Gasteiger partial charge in [-0.25, -0.2) is 4.79 Å². The molecule has 1 heterocycles. The van der Waals surface area contributed by atoms with E-state index < -0.39 is 18.0 Å². The number of hydrogen-bond donors (Lipinski definition) is 2. The highest BCUT2D eigenvalue weighted by atomic mass is 16.5. The first-order chi connectivity index (χ1) is 11.5. The summed E-state index contributed by atoms with van der Waals surface area (Å²) >= 11 is 0. The van der Waals surface area contributed by atoms with E-state index >= 15 is 0 Å². The van der Waals surface area contributed by atoms with Crippen molar-refractivity contribution in [3.8, 4) is 5.75 Å². The van der Waals surface area contributed by atoms with Gasteiger partial charge in [-0.15, -0.1) is 0 Å². The number of rotatable bonds is 7. The molecule has 8 heteroatoms. The molecule has 0 saturated carbocycles. The molecule has 1 aromatic carbocycles. The number of nitrogens with zero attached hydrogens (tertiary/aromatic N) is 1. The van der Waals surface area contributed by atoms with E-state index in [1.807, 2.05) is 0 Å². The number of aliphatic carboxylic acids is 1. The van der Waals surface area contributed by atoms with Crippen LogP contribution < -0.4 is 15.0 Å². The van der Waals surface area contributed by atoms with Crippen LogP contribution in [0.1, 0.15) is 6.42 Å². The SMILES string of the molecule is COc1ccccc1N1CC(C(=O)NCC(OC)C(=O)O)CC1=O. The van der Waals surface area contributed by atoms with E-state index in [1.54, 1.807) is 24.3 Å². The van der Waals surface area contributed by atoms with Gasteiger partial charge in [-0.2, -0.15) is 0 Å². The van der Waals surface area contributed by atoms with Gasteiger partial charge in [0.25, 0.3) is 0 Å². The molecule has 1 fully saturated rings. The minimum Gasteiger partial charge on any atom is -0.495 e. The van der Waals surface area contributed by atoms with Crippen molar-refractivity contribution in [2.45, 2.75) is 12.5 Å². The molecule has 2 unspecified atom stereocenters. The Bertz CT molecular complexity index is 633. The molecule has 2 amide bonds. The average molecular weight is 336 g/mol. The molecule has 24 heavy (non-hydrogen) atoms. The lowest BCUT2D eigenvalue weighted by Gasteiger charge is -2.19. The summed E-state index contributed by atoms with van der Waals surface area (Å²) < 4.78 is 10.0. The lowest BCUT2D eigenvalue weighted by Crippen LogP contribution is -2.41. The van der Waals surface area contributed by atoms with Gasteiger partial charge in [-0.1, -0.05) is 12.1 Å². The lowest BCUT2D eigenvalue weighted by atomic mass is 10.1. The van der Waals surface area contributed by atoms with Crippen LogP contribution in [-0.4, -0.2) is 56.3 Å². The Kier molecular flexibility index (Phi) is 5.75. The molecular formula is C16H20N2O6. The smallest absolute Gasteiger partial charge is 0.334 e. The number of carbonyl (C=O) groups excluding carboxylic acids is 2. The van der Waals surface area contributed by atoms with Crippen LogP contribution in [0.5, 0.6) is 5.75 Å². The molecule has 0 radical (unpaired) electrons. The molecule has 0 aliphatic carbocycles. The summed E-state index contributed by atoms with van der Waals surface area (Å²) in [5, 5.41) is 11.4. The van der Waals surface area contributed by atoms with Crippen LogP contribution >= 0.6 is 0 Å². The standard InChI is InChI=1S/C16H20N2O6/c1-23-12-6-4-3-5-11(12)18-9-10(7-14(18)19)15(20)17-8-13(24-2)16(21)22/h3-6,10,13H,7-9H2,1-2H3,(H,17,20)(H,21,22). The van der Waals surface area contributed by atoms with E-state index in [2.05, 4.69) is 5.32 Å². The number of methoxy groups -OCH3 is 2. The average Bonchev–Trinajstić information content (AvgIpc) is 2.96. The number of benzene rings is 1. The summed E-state index contributed by atoms with van der Waals surface area (Å²) in [5.41, 5.74) is 0.612. The van der Waals surface area contributed by atoms with Gasteiger partial charge in [-0.3, -0.25) is 9.59 Å². The van der Waals surface area contributed by atoms with Crippen LogP contribution in [0.2, 0.25) is 0 Å². The minimum atomic E-state index is -1.16. The summed E-state index contributed by atoms with van der Waals surface area (Å²) in [6.45, 7) is 0.0692. The van der Waals surface area contributed by atoms with Gasteiger partial charge in [0.15, 0.2) is 6.10 Å². The van der Waals surface area contributed by atoms with Gasteiger partial charge >= 0.3 is 5.97 Å². The number of para-hydroxylation sites is 2. The van der Waals surface area contributed by atoms with E-state index in [9.17, 15) is 14.4 Å². The molecule has 1 aliphatic rings. The predicted octanol–water partition coefficient (Wildman–Crippen LogP) is 0.264. The molecule has 1 aromatic rings. The highest BCUT2D eigenvalue weighted by molar-refractivity contribution is 6.01. The van der Waals surface area contributed by atoms with Crippen LogP contribution in [0.15, 0.2) is 24.3 Å². The number of amides is 2. The van der Waals surface area contributed by atoms with E-state index in [0.717, 1.165) is 0 Å². The van der Waals surface area contributed by atoms with Crippen molar-refractivity contribution in [2.75, 3.05) is 32.2 Å². The molecule has 0 spiro atoms. The second-order valence-corrected chi connectivity index (χ2v) is 5.38. The largest absolute Gasteiger partial charge is 0.495 e. The van der Waals surface area contributed by atoms with Gasteiger partial charge < -0.3 is 24.8 Å². The zero-order valence-electron chi connectivity index (χ0n) is 13.5. The highest BCUT2D eigenvalue weighted by Gasteiger charge is 2.36. The first-order valence-electron chi connectivity index (χ1n) is 7.44. The summed E-state index contributed by atoms with van der Waals surface area (Å²) in [5.74, 6) is -1.70. The molecular weight excluding hydrogens is 316 g/mol. The second-order valence-electron chi connectivity index (χ2n) is 5.38. The third-order valence-electron chi connectivity index (χ3n) is 3.89. The van der Waals surface area contributed by atoms with Gasteiger partial charge in [0, 0.05) is 20.1 Å². The summed E-state index contributed by atoms with van der Waals surface area (Å²) in [4.78, 5) is 36.8. The number of carbonyl (C=O) groups is 3. The Morgan fingerprint density at radius 3 is 2.71 bits per heavy atom. The fourth-order valence-electron chi connectivity index (χ4n) is 2.58. The second kappa shape index (κ2) is 7.78. The van der Waals surface area contributed by atoms with E-state index in [4.69, 9.17) is 14.6 Å². The summed E-state index contributed by atoms with van der Waals surface area (Å²) in [6, 6.07) is 7.08. The van der Waals surface area contributed by atoms with Gasteiger partial charge in [0.2, 0.25) is 11.8 Å². The Balaban J connectivity index is 2.01. The third kappa shape index (κ3) is 3.83. The maximum atomic E-state index is 12.2. The highest BCUT2D eigenvalue weighted by Crippen LogP contribution is 2.32. The number of anilines is 1. The Labute approximate surface area is 139 Å². The molecule has 1 aliphatic heterocycles. The molecule has 0 aromatic heterocycles. The summed E-state index contributed by atoms with van der Waals surface area (Å²) in [6.07, 6.45) is -1.05. The molecule has 0 bridgehead atoms. The van der Waals surface area contributed by atoms with Crippen molar-refractivity contribution < 1.29 is 29.0 Å². The monoisotopic (exact) mass is 336 g/mol. The fourth-order valence-corrected chi connectivity index (χ4v) is 2.58.